The van der Waals surface area contributed by atoms with E-state index in [9.17, 15) is 8.42 Å². The van der Waals surface area contributed by atoms with Gasteiger partial charge in [0.2, 0.25) is 0 Å². The average molecular weight is 448 g/mol. The molecule has 2 atom stereocenters. The molecule has 1 aromatic carbocycles. The van der Waals surface area contributed by atoms with Crippen molar-refractivity contribution >= 4 is 31.6 Å². The highest BCUT2D eigenvalue weighted by Crippen LogP contribution is 2.53. The first-order valence-corrected chi connectivity index (χ1v) is 11.4. The minimum absolute atomic E-state index is 0.0502. The first-order chi connectivity index (χ1) is 12.9. The van der Waals surface area contributed by atoms with Crippen LogP contribution in [0.5, 0.6) is 0 Å². The molecule has 1 aliphatic heterocycles. The van der Waals surface area contributed by atoms with Gasteiger partial charge in [-0.05, 0) is 61.6 Å². The van der Waals surface area contributed by atoms with Gasteiger partial charge in [-0.1, -0.05) is 34.1 Å². The Balaban J connectivity index is 1.61. The molecule has 1 aromatic heterocycles. The van der Waals surface area contributed by atoms with Crippen LogP contribution in [0.4, 0.5) is 5.69 Å². The number of benzene rings is 1. The lowest BCUT2D eigenvalue weighted by Crippen LogP contribution is -2.45. The van der Waals surface area contributed by atoms with Crippen molar-refractivity contribution in [1.29, 1.82) is 0 Å². The Morgan fingerprint density at radius 1 is 1.33 bits per heavy atom. The van der Waals surface area contributed by atoms with Crippen molar-refractivity contribution in [3.05, 3.63) is 64.8 Å². The zero-order chi connectivity index (χ0) is 19.1. The van der Waals surface area contributed by atoms with Gasteiger partial charge in [-0.25, -0.2) is 18.1 Å². The average Bonchev–Trinajstić information content (AvgIpc) is 2.97. The van der Waals surface area contributed by atoms with E-state index in [1.807, 2.05) is 6.07 Å². The fourth-order valence-corrected chi connectivity index (χ4v) is 5.79. The molecular formula is C20H22BrN3O2S. The third-order valence-electron chi connectivity index (χ3n) is 5.71. The van der Waals surface area contributed by atoms with Crippen molar-refractivity contribution in [2.45, 2.75) is 42.2 Å². The van der Waals surface area contributed by atoms with Crippen molar-refractivity contribution < 1.29 is 8.42 Å². The zero-order valence-electron chi connectivity index (χ0n) is 14.9. The number of anilines is 1. The molecule has 27 heavy (non-hydrogen) atoms. The highest BCUT2D eigenvalue weighted by Gasteiger charge is 2.49. The maximum absolute atomic E-state index is 12.5. The molecule has 1 fully saturated rings. The minimum atomic E-state index is -3.62. The van der Waals surface area contributed by atoms with Gasteiger partial charge in [0.15, 0.2) is 5.03 Å². The predicted octanol–water partition coefficient (Wildman–Crippen LogP) is 3.98. The summed E-state index contributed by atoms with van der Waals surface area (Å²) in [6.45, 7) is 4.72. The summed E-state index contributed by atoms with van der Waals surface area (Å²) in [5.74, 6) is 0. The number of nitrogens with one attached hydrogen (secondary N) is 2. The SMILES string of the molecule is C=C1CCCC2Nc3ccc(Br)cc3C12CCNS(=O)(=O)c1ccccn1. The largest absolute Gasteiger partial charge is 0.381 e. The molecule has 1 aliphatic carbocycles. The van der Waals surface area contributed by atoms with Gasteiger partial charge >= 0.3 is 0 Å². The van der Waals surface area contributed by atoms with E-state index in [-0.39, 0.29) is 16.5 Å². The summed E-state index contributed by atoms with van der Waals surface area (Å²) < 4.78 is 28.8. The van der Waals surface area contributed by atoms with Crippen LogP contribution in [0.25, 0.3) is 0 Å². The van der Waals surface area contributed by atoms with Crippen LogP contribution in [0, 0.1) is 0 Å². The minimum Gasteiger partial charge on any atom is -0.381 e. The van der Waals surface area contributed by atoms with Crippen molar-refractivity contribution in [2.24, 2.45) is 0 Å². The van der Waals surface area contributed by atoms with Gasteiger partial charge in [-0.3, -0.25) is 0 Å². The van der Waals surface area contributed by atoms with Crippen LogP contribution in [0.1, 0.15) is 31.2 Å². The Morgan fingerprint density at radius 2 is 2.19 bits per heavy atom. The molecule has 0 bridgehead atoms. The molecule has 2 heterocycles. The van der Waals surface area contributed by atoms with Gasteiger partial charge in [0.1, 0.15) is 0 Å². The van der Waals surface area contributed by atoms with E-state index in [1.54, 1.807) is 12.1 Å². The second-order valence-corrected chi connectivity index (χ2v) is 9.80. The van der Waals surface area contributed by atoms with Crippen LogP contribution >= 0.6 is 15.9 Å². The van der Waals surface area contributed by atoms with Gasteiger partial charge in [0.25, 0.3) is 10.0 Å². The molecule has 0 amide bonds. The standard InChI is InChI=1S/C20H22BrN3O2S/c1-14-5-4-6-18-20(14,16-13-15(21)8-9-17(16)24-18)10-12-23-27(25,26)19-7-2-3-11-22-19/h2-3,7-9,11,13,18,23-24H,1,4-6,10,12H2. The third kappa shape index (κ3) is 3.22. The van der Waals surface area contributed by atoms with Crippen LogP contribution < -0.4 is 10.0 Å². The predicted molar refractivity (Wildman–Crippen MR) is 110 cm³/mol. The lowest BCUT2D eigenvalue weighted by atomic mass is 9.63. The molecule has 2 aliphatic rings. The van der Waals surface area contributed by atoms with E-state index < -0.39 is 10.0 Å². The third-order valence-corrected chi connectivity index (χ3v) is 7.58. The van der Waals surface area contributed by atoms with Crippen LogP contribution in [0.15, 0.2) is 64.2 Å². The highest BCUT2D eigenvalue weighted by atomic mass is 79.9. The van der Waals surface area contributed by atoms with Crippen LogP contribution in [0.2, 0.25) is 0 Å². The number of rotatable bonds is 5. The highest BCUT2D eigenvalue weighted by molar-refractivity contribution is 9.10. The molecule has 1 saturated carbocycles. The molecule has 2 aromatic rings. The fourth-order valence-electron chi connectivity index (χ4n) is 4.46. The second kappa shape index (κ2) is 7.04. The number of fused-ring (bicyclic) bond motifs is 3. The van der Waals surface area contributed by atoms with E-state index in [1.165, 1.54) is 23.4 Å². The number of sulfonamides is 1. The topological polar surface area (TPSA) is 71.1 Å². The molecule has 0 spiro atoms. The Labute approximate surface area is 168 Å². The maximum atomic E-state index is 12.5. The molecule has 0 saturated heterocycles. The van der Waals surface area contributed by atoms with Crippen LogP contribution in [0.3, 0.4) is 0 Å². The molecule has 0 radical (unpaired) electrons. The number of halogens is 1. The normalized spacial score (nSPS) is 24.2. The Kier molecular flexibility index (Phi) is 4.86. The molecule has 2 unspecified atom stereocenters. The quantitative estimate of drug-likeness (QED) is 0.679. The molecule has 4 rings (SSSR count). The molecule has 7 heteroatoms. The number of hydrogen-bond acceptors (Lipinski definition) is 4. The molecule has 5 nitrogen and oxygen atoms in total. The molecule has 142 valence electrons. The number of aromatic nitrogens is 1. The number of nitrogens with zero attached hydrogens (tertiary/aromatic N) is 1. The lowest BCUT2D eigenvalue weighted by molar-refractivity contribution is 0.344. The van der Waals surface area contributed by atoms with Crippen molar-refractivity contribution in [3.8, 4) is 0 Å². The Morgan fingerprint density at radius 3 is 2.96 bits per heavy atom. The molecular weight excluding hydrogens is 426 g/mol. The lowest BCUT2D eigenvalue weighted by Gasteiger charge is -2.42. The van der Waals surface area contributed by atoms with Crippen molar-refractivity contribution in [3.63, 3.8) is 0 Å². The van der Waals surface area contributed by atoms with E-state index in [0.717, 1.165) is 29.4 Å². The van der Waals surface area contributed by atoms with E-state index in [4.69, 9.17) is 0 Å². The van der Waals surface area contributed by atoms with E-state index >= 15 is 0 Å². The monoisotopic (exact) mass is 447 g/mol. The van der Waals surface area contributed by atoms with Crippen LogP contribution in [-0.4, -0.2) is 26.0 Å². The van der Waals surface area contributed by atoms with Gasteiger partial charge in [-0.2, -0.15) is 0 Å². The van der Waals surface area contributed by atoms with Gasteiger partial charge in [0, 0.05) is 34.4 Å². The number of pyridine rings is 1. The van der Waals surface area contributed by atoms with Gasteiger partial charge < -0.3 is 5.32 Å². The molecule has 2 N–H and O–H groups in total. The van der Waals surface area contributed by atoms with Crippen molar-refractivity contribution in [2.75, 3.05) is 11.9 Å². The Bertz CT molecular complexity index is 978. The van der Waals surface area contributed by atoms with E-state index in [0.29, 0.717) is 13.0 Å². The fraction of sp³-hybridized carbons (Fsp3) is 0.350. The Hall–Kier alpha value is -1.70. The maximum Gasteiger partial charge on any atom is 0.258 e. The van der Waals surface area contributed by atoms with Crippen LogP contribution in [-0.2, 0) is 15.4 Å². The zero-order valence-corrected chi connectivity index (χ0v) is 17.3. The summed E-state index contributed by atoms with van der Waals surface area (Å²) in [4.78, 5) is 3.96. The summed E-state index contributed by atoms with van der Waals surface area (Å²) in [5.41, 5.74) is 3.27. The summed E-state index contributed by atoms with van der Waals surface area (Å²) in [5, 5.41) is 3.69. The second-order valence-electron chi connectivity index (χ2n) is 7.17. The van der Waals surface area contributed by atoms with Crippen molar-refractivity contribution in [1.82, 2.24) is 9.71 Å². The summed E-state index contributed by atoms with van der Waals surface area (Å²) in [6.07, 6.45) is 5.28. The summed E-state index contributed by atoms with van der Waals surface area (Å²) >= 11 is 3.58. The first kappa shape index (κ1) is 18.7. The first-order valence-electron chi connectivity index (χ1n) is 9.09. The summed E-state index contributed by atoms with van der Waals surface area (Å²) in [7, 11) is -3.62. The number of hydrogen-bond donors (Lipinski definition) is 2. The summed E-state index contributed by atoms with van der Waals surface area (Å²) in [6, 6.07) is 11.4. The van der Waals surface area contributed by atoms with E-state index in [2.05, 4.69) is 49.7 Å². The van der Waals surface area contributed by atoms with Gasteiger partial charge in [0.05, 0.1) is 0 Å². The smallest absolute Gasteiger partial charge is 0.258 e. The van der Waals surface area contributed by atoms with Gasteiger partial charge in [-0.15, -0.1) is 0 Å².